The molecule has 1 unspecified atom stereocenters. The molecule has 20 heavy (non-hydrogen) atoms. The Morgan fingerprint density at radius 1 is 1.25 bits per heavy atom. The van der Waals surface area contributed by atoms with E-state index in [-0.39, 0.29) is 16.7 Å². The quantitative estimate of drug-likeness (QED) is 0.509. The molecule has 1 aliphatic carbocycles. The summed E-state index contributed by atoms with van der Waals surface area (Å²) in [6.45, 7) is 0. The van der Waals surface area contributed by atoms with E-state index in [1.807, 2.05) is 24.3 Å². The van der Waals surface area contributed by atoms with E-state index in [2.05, 4.69) is 5.32 Å². The van der Waals surface area contributed by atoms with Crippen LogP contribution < -0.4 is 11.1 Å². The Labute approximate surface area is 116 Å². The number of nitrogens with one attached hydrogen (secondary N) is 1. The molecule has 0 spiro atoms. The first-order valence-corrected chi connectivity index (χ1v) is 6.53. The molecular formula is C15H15N3O2. The van der Waals surface area contributed by atoms with Gasteiger partial charge in [-0.15, -0.1) is 0 Å². The van der Waals surface area contributed by atoms with E-state index < -0.39 is 0 Å². The molecule has 0 bridgehead atoms. The summed E-state index contributed by atoms with van der Waals surface area (Å²) in [6, 6.07) is 12.7. The number of anilines is 2. The number of fused-ring (bicyclic) bond motifs is 1. The van der Waals surface area contributed by atoms with Gasteiger partial charge in [-0.3, -0.25) is 10.1 Å². The van der Waals surface area contributed by atoms with E-state index in [9.17, 15) is 10.1 Å². The van der Waals surface area contributed by atoms with Crippen molar-refractivity contribution in [3.63, 3.8) is 0 Å². The average molecular weight is 269 g/mol. The fourth-order valence-electron chi connectivity index (χ4n) is 2.70. The first-order valence-electron chi connectivity index (χ1n) is 6.53. The predicted octanol–water partition coefficient (Wildman–Crippen LogP) is 3.28. The number of aryl methyl sites for hydroxylation is 1. The number of nitrogen functional groups attached to an aromatic ring is 1. The Morgan fingerprint density at radius 2 is 2.10 bits per heavy atom. The third-order valence-corrected chi connectivity index (χ3v) is 3.64. The minimum Gasteiger partial charge on any atom is -0.399 e. The van der Waals surface area contributed by atoms with Gasteiger partial charge in [-0.25, -0.2) is 0 Å². The fourth-order valence-corrected chi connectivity index (χ4v) is 2.70. The van der Waals surface area contributed by atoms with Crippen LogP contribution >= 0.6 is 0 Å². The number of nitro benzene ring substituents is 1. The van der Waals surface area contributed by atoms with E-state index in [1.165, 1.54) is 17.2 Å². The summed E-state index contributed by atoms with van der Waals surface area (Å²) < 4.78 is 0. The van der Waals surface area contributed by atoms with Gasteiger partial charge in [-0.2, -0.15) is 0 Å². The molecule has 0 heterocycles. The van der Waals surface area contributed by atoms with Gasteiger partial charge in [0.05, 0.1) is 11.0 Å². The third-order valence-electron chi connectivity index (χ3n) is 3.64. The molecule has 2 aromatic carbocycles. The molecule has 1 atom stereocenters. The highest BCUT2D eigenvalue weighted by Gasteiger charge is 2.22. The molecule has 1 aliphatic rings. The van der Waals surface area contributed by atoms with Crippen LogP contribution in [0.1, 0.15) is 23.6 Å². The predicted molar refractivity (Wildman–Crippen MR) is 78.6 cm³/mol. The van der Waals surface area contributed by atoms with E-state index in [0.29, 0.717) is 0 Å². The van der Waals surface area contributed by atoms with Crippen molar-refractivity contribution in [3.8, 4) is 0 Å². The summed E-state index contributed by atoms with van der Waals surface area (Å²) in [6.07, 6.45) is 1.95. The Hall–Kier alpha value is -2.56. The van der Waals surface area contributed by atoms with Gasteiger partial charge < -0.3 is 11.1 Å². The number of non-ortho nitro benzene ring substituents is 1. The van der Waals surface area contributed by atoms with Crippen LogP contribution in [0, 0.1) is 10.1 Å². The summed E-state index contributed by atoms with van der Waals surface area (Å²) in [7, 11) is 0. The highest BCUT2D eigenvalue weighted by atomic mass is 16.6. The lowest BCUT2D eigenvalue weighted by Crippen LogP contribution is -2.07. The molecule has 0 aliphatic heterocycles. The van der Waals surface area contributed by atoms with E-state index >= 15 is 0 Å². The van der Waals surface area contributed by atoms with Crippen LogP contribution in [0.15, 0.2) is 42.5 Å². The molecule has 3 rings (SSSR count). The first-order chi connectivity index (χ1) is 9.63. The van der Waals surface area contributed by atoms with Gasteiger partial charge in [0.1, 0.15) is 0 Å². The van der Waals surface area contributed by atoms with Gasteiger partial charge in [0.15, 0.2) is 0 Å². The Bertz CT molecular complexity index is 670. The lowest BCUT2D eigenvalue weighted by atomic mass is 10.1. The molecule has 3 N–H and O–H groups in total. The SMILES string of the molecule is Nc1ccc2c(c1)CCC2Nc1cccc([N+](=O)[O-])c1. The lowest BCUT2D eigenvalue weighted by molar-refractivity contribution is -0.384. The first kappa shape index (κ1) is 12.5. The second kappa shape index (κ2) is 4.85. The zero-order valence-corrected chi connectivity index (χ0v) is 10.9. The highest BCUT2D eigenvalue weighted by molar-refractivity contribution is 5.55. The molecule has 0 amide bonds. The minimum absolute atomic E-state index is 0.102. The van der Waals surface area contributed by atoms with Crippen molar-refractivity contribution in [2.24, 2.45) is 0 Å². The summed E-state index contributed by atoms with van der Waals surface area (Å²) in [5.41, 5.74) is 9.92. The zero-order chi connectivity index (χ0) is 14.1. The van der Waals surface area contributed by atoms with Gasteiger partial charge in [-0.05, 0) is 42.2 Å². The monoisotopic (exact) mass is 269 g/mol. The second-order valence-electron chi connectivity index (χ2n) is 5.00. The molecule has 5 heteroatoms. The maximum absolute atomic E-state index is 10.8. The lowest BCUT2D eigenvalue weighted by Gasteiger charge is -2.15. The third kappa shape index (κ3) is 2.30. The molecular weight excluding hydrogens is 254 g/mol. The van der Waals surface area contributed by atoms with Crippen molar-refractivity contribution in [2.45, 2.75) is 18.9 Å². The van der Waals surface area contributed by atoms with E-state index in [1.54, 1.807) is 12.1 Å². The normalized spacial score (nSPS) is 16.7. The summed E-state index contributed by atoms with van der Waals surface area (Å²) in [5.74, 6) is 0. The highest BCUT2D eigenvalue weighted by Crippen LogP contribution is 2.35. The molecule has 0 aromatic heterocycles. The van der Waals surface area contributed by atoms with Crippen LogP contribution in [0.4, 0.5) is 17.1 Å². The number of nitro groups is 1. The van der Waals surface area contributed by atoms with Crippen LogP contribution in [0.25, 0.3) is 0 Å². The molecule has 0 radical (unpaired) electrons. The summed E-state index contributed by atoms with van der Waals surface area (Å²) in [4.78, 5) is 10.4. The minimum atomic E-state index is -0.380. The molecule has 0 saturated carbocycles. The van der Waals surface area contributed by atoms with Crippen LogP contribution in [0.2, 0.25) is 0 Å². The average Bonchev–Trinajstić information content (AvgIpc) is 2.81. The van der Waals surface area contributed by atoms with Crippen molar-refractivity contribution in [2.75, 3.05) is 11.1 Å². The van der Waals surface area contributed by atoms with Crippen molar-refractivity contribution in [1.29, 1.82) is 0 Å². The molecule has 5 nitrogen and oxygen atoms in total. The van der Waals surface area contributed by atoms with Crippen LogP contribution in [0.5, 0.6) is 0 Å². The van der Waals surface area contributed by atoms with E-state index in [0.717, 1.165) is 24.2 Å². The van der Waals surface area contributed by atoms with Crippen molar-refractivity contribution >= 4 is 17.1 Å². The number of hydrogen-bond donors (Lipinski definition) is 2. The second-order valence-corrected chi connectivity index (χ2v) is 5.00. The molecule has 0 saturated heterocycles. The molecule has 2 aromatic rings. The molecule has 0 fully saturated rings. The number of hydrogen-bond acceptors (Lipinski definition) is 4. The maximum atomic E-state index is 10.8. The number of benzene rings is 2. The topological polar surface area (TPSA) is 81.2 Å². The van der Waals surface area contributed by atoms with Gasteiger partial charge in [0.2, 0.25) is 0 Å². The smallest absolute Gasteiger partial charge is 0.271 e. The van der Waals surface area contributed by atoms with Crippen molar-refractivity contribution < 1.29 is 4.92 Å². The number of nitrogens with two attached hydrogens (primary N) is 1. The van der Waals surface area contributed by atoms with Crippen molar-refractivity contribution in [3.05, 3.63) is 63.7 Å². The maximum Gasteiger partial charge on any atom is 0.271 e. The number of rotatable bonds is 3. The van der Waals surface area contributed by atoms with Gasteiger partial charge in [0, 0.05) is 23.5 Å². The van der Waals surface area contributed by atoms with Gasteiger partial charge in [-0.1, -0.05) is 12.1 Å². The van der Waals surface area contributed by atoms with Crippen molar-refractivity contribution in [1.82, 2.24) is 0 Å². The van der Waals surface area contributed by atoms with Crippen LogP contribution in [0.3, 0.4) is 0 Å². The molecule has 102 valence electrons. The number of nitrogens with zero attached hydrogens (tertiary/aromatic N) is 1. The fraction of sp³-hybridized carbons (Fsp3) is 0.200. The largest absolute Gasteiger partial charge is 0.399 e. The summed E-state index contributed by atoms with van der Waals surface area (Å²) >= 11 is 0. The Morgan fingerprint density at radius 3 is 2.90 bits per heavy atom. The van der Waals surface area contributed by atoms with Gasteiger partial charge >= 0.3 is 0 Å². The zero-order valence-electron chi connectivity index (χ0n) is 10.9. The van der Waals surface area contributed by atoms with Crippen LogP contribution in [-0.4, -0.2) is 4.92 Å². The van der Waals surface area contributed by atoms with Gasteiger partial charge in [0.25, 0.3) is 5.69 Å². The van der Waals surface area contributed by atoms with E-state index in [4.69, 9.17) is 5.73 Å². The summed E-state index contributed by atoms with van der Waals surface area (Å²) in [5, 5.41) is 14.2. The Balaban J connectivity index is 1.84. The Kier molecular flexibility index (Phi) is 3.02. The standard InChI is InChI=1S/C15H15N3O2/c16-11-5-6-14-10(8-11)4-7-15(14)17-12-2-1-3-13(9-12)18(19)20/h1-3,5-6,8-9,15,17H,4,7,16H2. The van der Waals surface area contributed by atoms with Crippen LogP contribution in [-0.2, 0) is 6.42 Å².